The minimum atomic E-state index is 0.240. The van der Waals surface area contributed by atoms with Gasteiger partial charge in [0.05, 0.1) is 6.20 Å². The van der Waals surface area contributed by atoms with Crippen molar-refractivity contribution in [2.75, 3.05) is 6.54 Å². The third kappa shape index (κ3) is 3.44. The van der Waals surface area contributed by atoms with E-state index in [0.29, 0.717) is 13.0 Å². The van der Waals surface area contributed by atoms with E-state index in [1.807, 2.05) is 13.2 Å². The second-order valence-electron chi connectivity index (χ2n) is 3.04. The lowest BCUT2D eigenvalue weighted by Gasteiger charge is -2.00. The Morgan fingerprint density at radius 1 is 1.79 bits per heavy atom. The van der Waals surface area contributed by atoms with E-state index in [9.17, 15) is 0 Å². The number of nitrogens with zero attached hydrogens (tertiary/aromatic N) is 3. The minimum Gasteiger partial charge on any atom is -0.409 e. The third-order valence-electron chi connectivity index (χ3n) is 1.77. The molecule has 0 saturated heterocycles. The molecule has 14 heavy (non-hydrogen) atoms. The summed E-state index contributed by atoms with van der Waals surface area (Å²) in [6, 6.07) is 0. The molecule has 1 aromatic heterocycles. The van der Waals surface area contributed by atoms with Crippen LogP contribution in [0.25, 0.3) is 0 Å². The van der Waals surface area contributed by atoms with Crippen LogP contribution >= 0.6 is 0 Å². The molecule has 0 amide bonds. The van der Waals surface area contributed by atoms with E-state index in [4.69, 9.17) is 10.9 Å². The van der Waals surface area contributed by atoms with Crippen LogP contribution in [0.15, 0.2) is 17.5 Å². The molecule has 0 bridgehead atoms. The number of aryl methyl sites for hydroxylation is 1. The lowest BCUT2D eigenvalue weighted by Crippen LogP contribution is -2.21. The molecule has 0 saturated carbocycles. The van der Waals surface area contributed by atoms with Crippen molar-refractivity contribution in [1.82, 2.24) is 15.1 Å². The molecule has 0 aliphatic rings. The molecule has 0 spiro atoms. The van der Waals surface area contributed by atoms with Crippen molar-refractivity contribution in [1.29, 1.82) is 0 Å². The van der Waals surface area contributed by atoms with Gasteiger partial charge in [0.1, 0.15) is 5.84 Å². The van der Waals surface area contributed by atoms with Gasteiger partial charge in [0, 0.05) is 38.3 Å². The first-order valence-corrected chi connectivity index (χ1v) is 4.37. The van der Waals surface area contributed by atoms with Crippen molar-refractivity contribution >= 4 is 5.84 Å². The molecule has 0 radical (unpaired) electrons. The van der Waals surface area contributed by atoms with Crippen molar-refractivity contribution in [3.63, 3.8) is 0 Å². The molecule has 78 valence electrons. The van der Waals surface area contributed by atoms with Crippen LogP contribution in [0.5, 0.6) is 0 Å². The van der Waals surface area contributed by atoms with Gasteiger partial charge in [-0.15, -0.1) is 0 Å². The number of nitrogens with one attached hydrogen (secondary N) is 1. The summed E-state index contributed by atoms with van der Waals surface area (Å²) in [6.07, 6.45) is 4.28. The zero-order valence-corrected chi connectivity index (χ0v) is 8.14. The topological polar surface area (TPSA) is 88.5 Å². The summed E-state index contributed by atoms with van der Waals surface area (Å²) in [4.78, 5) is 0. The fourth-order valence-corrected chi connectivity index (χ4v) is 1.06. The molecule has 0 aromatic carbocycles. The first kappa shape index (κ1) is 10.5. The van der Waals surface area contributed by atoms with E-state index >= 15 is 0 Å². The highest BCUT2D eigenvalue weighted by Gasteiger charge is 1.96. The van der Waals surface area contributed by atoms with Crippen LogP contribution < -0.4 is 11.1 Å². The molecule has 0 aliphatic heterocycles. The molecular weight excluding hydrogens is 182 g/mol. The van der Waals surface area contributed by atoms with Gasteiger partial charge in [-0.2, -0.15) is 5.10 Å². The Kier molecular flexibility index (Phi) is 3.93. The van der Waals surface area contributed by atoms with Crippen molar-refractivity contribution in [2.45, 2.75) is 13.0 Å². The van der Waals surface area contributed by atoms with E-state index in [1.54, 1.807) is 10.9 Å². The SMILES string of the molecule is Cn1cc(CNCCC(N)=NO)cn1. The molecular formula is C8H15N5O. The lowest BCUT2D eigenvalue weighted by molar-refractivity contribution is 0.316. The first-order valence-electron chi connectivity index (χ1n) is 4.37. The molecule has 1 heterocycles. The highest BCUT2D eigenvalue weighted by atomic mass is 16.4. The van der Waals surface area contributed by atoms with Gasteiger partial charge in [-0.3, -0.25) is 4.68 Å². The van der Waals surface area contributed by atoms with Crippen LogP contribution in [0.2, 0.25) is 0 Å². The molecule has 0 aliphatic carbocycles. The monoisotopic (exact) mass is 197 g/mol. The smallest absolute Gasteiger partial charge is 0.140 e. The van der Waals surface area contributed by atoms with Crippen LogP contribution in [-0.4, -0.2) is 27.4 Å². The Morgan fingerprint density at radius 2 is 2.57 bits per heavy atom. The van der Waals surface area contributed by atoms with Crippen molar-refractivity contribution < 1.29 is 5.21 Å². The van der Waals surface area contributed by atoms with Gasteiger partial charge in [-0.25, -0.2) is 0 Å². The molecule has 4 N–H and O–H groups in total. The molecule has 1 rings (SSSR count). The Bertz CT molecular complexity index is 306. The second kappa shape index (κ2) is 5.23. The molecule has 0 unspecified atom stereocenters. The van der Waals surface area contributed by atoms with E-state index < -0.39 is 0 Å². The molecule has 6 heteroatoms. The van der Waals surface area contributed by atoms with Crippen LogP contribution in [-0.2, 0) is 13.6 Å². The summed E-state index contributed by atoms with van der Waals surface area (Å²) in [6.45, 7) is 1.43. The Hall–Kier alpha value is -1.56. The van der Waals surface area contributed by atoms with Gasteiger partial charge in [-0.1, -0.05) is 5.16 Å². The number of rotatable bonds is 5. The number of nitrogens with two attached hydrogens (primary N) is 1. The standard InChI is InChI=1S/C8H15N5O/c1-13-6-7(5-11-13)4-10-3-2-8(9)12-14/h5-6,10,14H,2-4H2,1H3,(H2,9,12). The first-order chi connectivity index (χ1) is 6.72. The van der Waals surface area contributed by atoms with Crippen LogP contribution in [0.1, 0.15) is 12.0 Å². The number of oxime groups is 1. The minimum absolute atomic E-state index is 0.240. The Morgan fingerprint density at radius 3 is 3.14 bits per heavy atom. The maximum Gasteiger partial charge on any atom is 0.140 e. The van der Waals surface area contributed by atoms with Crippen LogP contribution in [0.3, 0.4) is 0 Å². The summed E-state index contributed by atoms with van der Waals surface area (Å²) >= 11 is 0. The van der Waals surface area contributed by atoms with E-state index in [2.05, 4.69) is 15.6 Å². The molecule has 6 nitrogen and oxygen atoms in total. The average Bonchev–Trinajstić information content (AvgIpc) is 2.58. The highest BCUT2D eigenvalue weighted by molar-refractivity contribution is 5.79. The summed E-state index contributed by atoms with van der Waals surface area (Å²) < 4.78 is 1.75. The van der Waals surface area contributed by atoms with Gasteiger partial charge >= 0.3 is 0 Å². The van der Waals surface area contributed by atoms with Gasteiger partial charge in [0.25, 0.3) is 0 Å². The van der Waals surface area contributed by atoms with Crippen LogP contribution in [0, 0.1) is 0 Å². The molecule has 1 aromatic rings. The van der Waals surface area contributed by atoms with E-state index in [0.717, 1.165) is 12.1 Å². The van der Waals surface area contributed by atoms with Gasteiger partial charge in [0.2, 0.25) is 0 Å². The summed E-state index contributed by atoms with van der Waals surface area (Å²) in [5.41, 5.74) is 6.42. The number of hydrogen-bond donors (Lipinski definition) is 3. The number of amidine groups is 1. The maximum absolute atomic E-state index is 8.28. The van der Waals surface area contributed by atoms with E-state index in [1.165, 1.54) is 0 Å². The van der Waals surface area contributed by atoms with Gasteiger partial charge in [0.15, 0.2) is 0 Å². The van der Waals surface area contributed by atoms with E-state index in [-0.39, 0.29) is 5.84 Å². The highest BCUT2D eigenvalue weighted by Crippen LogP contribution is 1.94. The van der Waals surface area contributed by atoms with Gasteiger partial charge in [-0.05, 0) is 0 Å². The largest absolute Gasteiger partial charge is 0.409 e. The van der Waals surface area contributed by atoms with Crippen molar-refractivity contribution in [2.24, 2.45) is 17.9 Å². The third-order valence-corrected chi connectivity index (χ3v) is 1.77. The van der Waals surface area contributed by atoms with Crippen LogP contribution in [0.4, 0.5) is 0 Å². The number of aromatic nitrogens is 2. The summed E-state index contributed by atoms with van der Waals surface area (Å²) in [7, 11) is 1.87. The maximum atomic E-state index is 8.28. The average molecular weight is 197 g/mol. The normalized spacial score (nSPS) is 11.9. The summed E-state index contributed by atoms with van der Waals surface area (Å²) in [5.74, 6) is 0.240. The zero-order valence-electron chi connectivity index (χ0n) is 8.14. The second-order valence-corrected chi connectivity index (χ2v) is 3.04. The fraction of sp³-hybridized carbons (Fsp3) is 0.500. The predicted octanol–water partition coefficient (Wildman–Crippen LogP) is -0.354. The zero-order chi connectivity index (χ0) is 10.4. The molecule has 0 atom stereocenters. The van der Waals surface area contributed by atoms with Crippen molar-refractivity contribution in [3.8, 4) is 0 Å². The Balaban J connectivity index is 2.16. The number of hydrogen-bond acceptors (Lipinski definition) is 4. The molecule has 0 fully saturated rings. The van der Waals surface area contributed by atoms with Gasteiger partial charge < -0.3 is 16.3 Å². The lowest BCUT2D eigenvalue weighted by atomic mass is 10.3. The Labute approximate surface area is 82.4 Å². The predicted molar refractivity (Wildman–Crippen MR) is 52.9 cm³/mol. The quantitative estimate of drug-likeness (QED) is 0.198. The summed E-state index contributed by atoms with van der Waals surface area (Å²) in [5, 5.41) is 18.3. The van der Waals surface area contributed by atoms with Crippen molar-refractivity contribution in [3.05, 3.63) is 18.0 Å². The fourth-order valence-electron chi connectivity index (χ4n) is 1.06.